The Bertz CT molecular complexity index is 1130. The Hall–Kier alpha value is -2.90. The first-order valence-electron chi connectivity index (χ1n) is 8.80. The van der Waals surface area contributed by atoms with Gasteiger partial charge in [-0.15, -0.1) is 4.83 Å². The van der Waals surface area contributed by atoms with E-state index in [1.54, 1.807) is 39.0 Å². The molecule has 0 bridgehead atoms. The summed E-state index contributed by atoms with van der Waals surface area (Å²) in [5.74, 6) is -0.0687. The number of fused-ring (bicyclic) bond motifs is 1. The molecule has 0 aliphatic carbocycles. The van der Waals surface area contributed by atoms with Crippen LogP contribution in [0.1, 0.15) is 18.1 Å². The molecule has 0 fully saturated rings. The third-order valence-corrected chi connectivity index (χ3v) is 5.73. The van der Waals surface area contributed by atoms with Gasteiger partial charge in [-0.3, -0.25) is 10.2 Å². The van der Waals surface area contributed by atoms with E-state index in [1.165, 1.54) is 0 Å². The quantitative estimate of drug-likeness (QED) is 0.625. The summed E-state index contributed by atoms with van der Waals surface area (Å²) in [4.78, 5) is 14.5. The molecule has 0 saturated carbocycles. The molecule has 3 aromatic carbocycles. The summed E-state index contributed by atoms with van der Waals surface area (Å²) in [6.07, 6.45) is -0.887. The van der Waals surface area contributed by atoms with Gasteiger partial charge in [0.1, 0.15) is 5.75 Å². The molecule has 3 rings (SSSR count). The number of carbonyl (C=O) groups excluding carboxylic acids is 1. The Morgan fingerprint density at radius 3 is 2.43 bits per heavy atom. The molecule has 0 aromatic heterocycles. The molecule has 0 aliphatic rings. The van der Waals surface area contributed by atoms with E-state index in [9.17, 15) is 13.2 Å². The van der Waals surface area contributed by atoms with Crippen molar-refractivity contribution in [3.63, 3.8) is 0 Å². The monoisotopic (exact) mass is 398 g/mol. The Morgan fingerprint density at radius 1 is 0.964 bits per heavy atom. The first-order valence-corrected chi connectivity index (χ1v) is 10.3. The molecule has 0 aliphatic heterocycles. The normalized spacial score (nSPS) is 12.5. The van der Waals surface area contributed by atoms with Gasteiger partial charge >= 0.3 is 0 Å². The fourth-order valence-electron chi connectivity index (χ4n) is 2.77. The van der Waals surface area contributed by atoms with Crippen molar-refractivity contribution in [3.05, 3.63) is 71.8 Å². The maximum absolute atomic E-state index is 12.5. The second kappa shape index (κ2) is 8.00. The Kier molecular flexibility index (Phi) is 5.67. The SMILES string of the molecule is Cc1ccc(C)c(S(=O)(=O)NNC(=O)[C@@H](C)Oc2ccc3ccccc3c2)c1. The van der Waals surface area contributed by atoms with Crippen LogP contribution in [0.5, 0.6) is 5.75 Å². The number of amides is 1. The number of nitrogens with one attached hydrogen (secondary N) is 2. The molecule has 6 nitrogen and oxygen atoms in total. The fraction of sp³-hybridized carbons (Fsp3) is 0.190. The zero-order valence-electron chi connectivity index (χ0n) is 15.9. The zero-order valence-corrected chi connectivity index (χ0v) is 16.7. The van der Waals surface area contributed by atoms with Gasteiger partial charge in [-0.05, 0) is 60.9 Å². The number of benzene rings is 3. The van der Waals surface area contributed by atoms with Gasteiger partial charge in [0.15, 0.2) is 6.10 Å². The van der Waals surface area contributed by atoms with Gasteiger partial charge in [0.05, 0.1) is 4.90 Å². The molecular formula is C21H22N2O4S. The molecule has 1 atom stereocenters. The highest BCUT2D eigenvalue weighted by Gasteiger charge is 2.21. The summed E-state index contributed by atoms with van der Waals surface area (Å²) in [5.41, 5.74) is 3.62. The van der Waals surface area contributed by atoms with Crippen molar-refractivity contribution in [3.8, 4) is 5.75 Å². The van der Waals surface area contributed by atoms with Crippen LogP contribution >= 0.6 is 0 Å². The van der Waals surface area contributed by atoms with Gasteiger partial charge in [-0.2, -0.15) is 0 Å². The van der Waals surface area contributed by atoms with E-state index < -0.39 is 22.0 Å². The van der Waals surface area contributed by atoms with Crippen LogP contribution in [0.3, 0.4) is 0 Å². The van der Waals surface area contributed by atoms with Gasteiger partial charge in [0, 0.05) is 0 Å². The summed E-state index contributed by atoms with van der Waals surface area (Å²) in [5, 5.41) is 2.05. The number of aryl methyl sites for hydroxylation is 2. The van der Waals surface area contributed by atoms with Crippen molar-refractivity contribution in [1.29, 1.82) is 0 Å². The molecule has 28 heavy (non-hydrogen) atoms. The highest BCUT2D eigenvalue weighted by molar-refractivity contribution is 7.89. The molecule has 146 valence electrons. The molecule has 0 heterocycles. The number of hydrogen-bond donors (Lipinski definition) is 2. The van der Waals surface area contributed by atoms with Crippen molar-refractivity contribution < 1.29 is 17.9 Å². The predicted octanol–water partition coefficient (Wildman–Crippen LogP) is 3.23. The summed E-state index contributed by atoms with van der Waals surface area (Å²) in [6.45, 7) is 5.05. The molecule has 0 radical (unpaired) electrons. The lowest BCUT2D eigenvalue weighted by molar-refractivity contribution is -0.127. The summed E-state index contributed by atoms with van der Waals surface area (Å²) < 4.78 is 30.6. The first-order chi connectivity index (χ1) is 13.3. The number of sulfonamides is 1. The third kappa shape index (κ3) is 4.49. The van der Waals surface area contributed by atoms with Crippen LogP contribution in [-0.2, 0) is 14.8 Å². The molecule has 2 N–H and O–H groups in total. The van der Waals surface area contributed by atoms with Crippen molar-refractivity contribution in [2.75, 3.05) is 0 Å². The van der Waals surface area contributed by atoms with Crippen LogP contribution in [0.2, 0.25) is 0 Å². The van der Waals surface area contributed by atoms with Gasteiger partial charge in [0.2, 0.25) is 0 Å². The molecule has 3 aromatic rings. The maximum Gasteiger partial charge on any atom is 0.275 e. The van der Waals surface area contributed by atoms with E-state index in [2.05, 4.69) is 10.3 Å². The Labute approximate surface area is 164 Å². The Balaban J connectivity index is 1.65. The average molecular weight is 398 g/mol. The van der Waals surface area contributed by atoms with Crippen LogP contribution in [-0.4, -0.2) is 20.4 Å². The minimum atomic E-state index is -3.88. The van der Waals surface area contributed by atoms with Gasteiger partial charge < -0.3 is 4.74 Å². The second-order valence-electron chi connectivity index (χ2n) is 6.63. The van der Waals surface area contributed by atoms with Crippen molar-refractivity contribution in [2.24, 2.45) is 0 Å². The molecule has 1 amide bonds. The van der Waals surface area contributed by atoms with Crippen LogP contribution < -0.4 is 15.0 Å². The maximum atomic E-state index is 12.5. The lowest BCUT2D eigenvalue weighted by Gasteiger charge is -2.16. The van der Waals surface area contributed by atoms with E-state index in [4.69, 9.17) is 4.74 Å². The zero-order chi connectivity index (χ0) is 20.3. The van der Waals surface area contributed by atoms with E-state index in [-0.39, 0.29) is 4.90 Å². The first kappa shape index (κ1) is 19.9. The molecule has 0 saturated heterocycles. The fourth-order valence-corrected chi connectivity index (χ4v) is 3.95. The number of carbonyl (C=O) groups is 1. The second-order valence-corrected chi connectivity index (χ2v) is 8.28. The molecule has 0 unspecified atom stereocenters. The lowest BCUT2D eigenvalue weighted by Crippen LogP contribution is -2.47. The highest BCUT2D eigenvalue weighted by Crippen LogP contribution is 2.21. The van der Waals surface area contributed by atoms with Crippen LogP contribution in [0, 0.1) is 13.8 Å². The van der Waals surface area contributed by atoms with Gasteiger partial charge in [-0.1, -0.05) is 42.5 Å². The summed E-state index contributed by atoms with van der Waals surface area (Å²) in [7, 11) is -3.88. The highest BCUT2D eigenvalue weighted by atomic mass is 32.2. The number of rotatable bonds is 6. The summed E-state index contributed by atoms with van der Waals surface area (Å²) >= 11 is 0. The molecular weight excluding hydrogens is 376 g/mol. The standard InChI is InChI=1S/C21H22N2O4S/c1-14-8-9-15(2)20(12-14)28(25,26)23-22-21(24)16(3)27-19-11-10-17-6-4-5-7-18(17)13-19/h4-13,16,23H,1-3H3,(H,22,24)/t16-/m1/s1. The predicted molar refractivity (Wildman–Crippen MR) is 108 cm³/mol. The molecule has 7 heteroatoms. The van der Waals surface area contributed by atoms with Gasteiger partial charge in [0.25, 0.3) is 15.9 Å². The lowest BCUT2D eigenvalue weighted by atomic mass is 10.1. The largest absolute Gasteiger partial charge is 0.481 e. The van der Waals surface area contributed by atoms with E-state index >= 15 is 0 Å². The van der Waals surface area contributed by atoms with Crippen molar-refractivity contribution >= 4 is 26.7 Å². The minimum Gasteiger partial charge on any atom is -0.481 e. The van der Waals surface area contributed by atoms with Crippen LogP contribution in [0.4, 0.5) is 0 Å². The van der Waals surface area contributed by atoms with E-state index in [0.29, 0.717) is 11.3 Å². The topological polar surface area (TPSA) is 84.5 Å². The third-order valence-electron chi connectivity index (χ3n) is 4.34. The number of ether oxygens (including phenoxy) is 1. The summed E-state index contributed by atoms with van der Waals surface area (Å²) in [6, 6.07) is 18.4. The Morgan fingerprint density at radius 2 is 1.68 bits per heavy atom. The van der Waals surface area contributed by atoms with Crippen molar-refractivity contribution in [2.45, 2.75) is 31.8 Å². The smallest absolute Gasteiger partial charge is 0.275 e. The van der Waals surface area contributed by atoms with Gasteiger partial charge in [-0.25, -0.2) is 8.42 Å². The average Bonchev–Trinajstić information content (AvgIpc) is 2.67. The number of hydrazine groups is 1. The minimum absolute atomic E-state index is 0.121. The van der Waals surface area contributed by atoms with Crippen LogP contribution in [0.25, 0.3) is 10.8 Å². The van der Waals surface area contributed by atoms with E-state index in [1.807, 2.05) is 42.5 Å². The van der Waals surface area contributed by atoms with Crippen LogP contribution in [0.15, 0.2) is 65.6 Å². The number of hydrogen-bond acceptors (Lipinski definition) is 4. The van der Waals surface area contributed by atoms with E-state index in [0.717, 1.165) is 16.3 Å². The van der Waals surface area contributed by atoms with Crippen molar-refractivity contribution in [1.82, 2.24) is 10.3 Å². The molecule has 0 spiro atoms.